The number of hydrogen-bond donors (Lipinski definition) is 3. The van der Waals surface area contributed by atoms with Crippen LogP contribution < -0.4 is 5.32 Å². The van der Waals surface area contributed by atoms with E-state index >= 15 is 0 Å². The quantitative estimate of drug-likeness (QED) is 0.405. The molecule has 3 N–H and O–H groups in total. The van der Waals surface area contributed by atoms with Crippen molar-refractivity contribution in [1.29, 1.82) is 0 Å². The van der Waals surface area contributed by atoms with Crippen molar-refractivity contribution in [3.05, 3.63) is 0 Å². The largest absolute Gasteiger partial charge is 0.396 e. The van der Waals surface area contributed by atoms with E-state index in [-0.39, 0.29) is 12.7 Å². The van der Waals surface area contributed by atoms with Gasteiger partial charge in [-0.25, -0.2) is 0 Å². The van der Waals surface area contributed by atoms with E-state index in [0.29, 0.717) is 26.4 Å². The number of aliphatic hydroxyl groups excluding tert-OH is 2. The lowest BCUT2D eigenvalue weighted by molar-refractivity contribution is -0.00982. The smallest absolute Gasteiger partial charge is 0.0897 e. The van der Waals surface area contributed by atoms with Crippen molar-refractivity contribution in [3.8, 4) is 0 Å². The van der Waals surface area contributed by atoms with Gasteiger partial charge in [0.15, 0.2) is 0 Å². The first-order chi connectivity index (χ1) is 9.16. The molecule has 0 heterocycles. The van der Waals surface area contributed by atoms with Crippen molar-refractivity contribution in [3.63, 3.8) is 0 Å². The molecule has 0 fully saturated rings. The molecule has 0 spiro atoms. The Morgan fingerprint density at radius 1 is 1.21 bits per heavy atom. The predicted octanol–water partition coefficient (Wildman–Crippen LogP) is 0.494. The molecule has 0 radical (unpaired) electrons. The van der Waals surface area contributed by atoms with E-state index in [1.54, 1.807) is 11.8 Å². The maximum absolute atomic E-state index is 9.63. The Bertz CT molecular complexity index is 184. The molecule has 6 heteroatoms. The van der Waals surface area contributed by atoms with Crippen LogP contribution in [-0.2, 0) is 9.47 Å². The average Bonchev–Trinajstić information content (AvgIpc) is 2.37. The van der Waals surface area contributed by atoms with Crippen LogP contribution in [0, 0.1) is 0 Å². The van der Waals surface area contributed by atoms with Crippen LogP contribution >= 0.6 is 11.8 Å². The fraction of sp³-hybridized carbons (Fsp3) is 1.00. The standard InChI is InChI=1S/C13H29NO4S/c1-12(2)18-7-6-17-11-13(16)10-14-4-9-19-8-3-5-15/h12-16H,3-11H2,1-2H3. The number of thioether (sulfide) groups is 1. The Kier molecular flexibility index (Phi) is 14.7. The highest BCUT2D eigenvalue weighted by Crippen LogP contribution is 1.99. The first kappa shape index (κ1) is 19.1. The number of rotatable bonds is 14. The van der Waals surface area contributed by atoms with Crippen molar-refractivity contribution in [1.82, 2.24) is 5.32 Å². The minimum absolute atomic E-state index is 0.221. The molecule has 0 aliphatic rings. The van der Waals surface area contributed by atoms with Crippen LogP contribution in [0.1, 0.15) is 20.3 Å². The molecule has 0 aliphatic heterocycles. The van der Waals surface area contributed by atoms with Crippen LogP contribution in [0.25, 0.3) is 0 Å². The number of nitrogens with one attached hydrogen (secondary N) is 1. The molecule has 0 bridgehead atoms. The van der Waals surface area contributed by atoms with Gasteiger partial charge in [0, 0.05) is 25.4 Å². The molecule has 1 unspecified atom stereocenters. The summed E-state index contributed by atoms with van der Waals surface area (Å²) in [6.45, 7) is 7.07. The SMILES string of the molecule is CC(C)OCCOCC(O)CNCCSCCCO. The van der Waals surface area contributed by atoms with Gasteiger partial charge in [0.1, 0.15) is 0 Å². The molecule has 0 rings (SSSR count). The zero-order valence-corrected chi connectivity index (χ0v) is 13.0. The van der Waals surface area contributed by atoms with Crippen molar-refractivity contribution in [2.45, 2.75) is 32.5 Å². The Balaban J connectivity index is 3.14. The Hall–Kier alpha value is 0.150. The van der Waals surface area contributed by atoms with Crippen LogP contribution in [0.15, 0.2) is 0 Å². The van der Waals surface area contributed by atoms with Crippen molar-refractivity contribution in [2.75, 3.05) is 51.0 Å². The molecular weight excluding hydrogens is 266 g/mol. The summed E-state index contributed by atoms with van der Waals surface area (Å²) in [6, 6.07) is 0. The maximum Gasteiger partial charge on any atom is 0.0897 e. The molecule has 0 aromatic heterocycles. The number of aliphatic hydroxyl groups is 2. The summed E-state index contributed by atoms with van der Waals surface area (Å²) in [5.74, 6) is 1.98. The summed E-state index contributed by atoms with van der Waals surface area (Å²) in [7, 11) is 0. The van der Waals surface area contributed by atoms with E-state index in [0.717, 1.165) is 24.5 Å². The van der Waals surface area contributed by atoms with Gasteiger partial charge in [-0.05, 0) is 26.0 Å². The zero-order valence-electron chi connectivity index (χ0n) is 12.1. The van der Waals surface area contributed by atoms with Crippen molar-refractivity contribution < 1.29 is 19.7 Å². The van der Waals surface area contributed by atoms with Gasteiger partial charge in [-0.15, -0.1) is 0 Å². The summed E-state index contributed by atoms with van der Waals surface area (Å²) in [5, 5.41) is 21.4. The molecule has 0 aliphatic carbocycles. The Morgan fingerprint density at radius 2 is 2.00 bits per heavy atom. The average molecular weight is 295 g/mol. The molecule has 0 saturated carbocycles. The van der Waals surface area contributed by atoms with Gasteiger partial charge < -0.3 is 25.0 Å². The molecular formula is C13H29NO4S. The molecule has 116 valence electrons. The summed E-state index contributed by atoms with van der Waals surface area (Å²) < 4.78 is 10.6. The van der Waals surface area contributed by atoms with Gasteiger partial charge in [0.05, 0.1) is 32.0 Å². The number of ether oxygens (including phenoxy) is 2. The first-order valence-corrected chi connectivity index (χ1v) is 8.09. The van der Waals surface area contributed by atoms with Crippen molar-refractivity contribution in [2.24, 2.45) is 0 Å². The minimum Gasteiger partial charge on any atom is -0.396 e. The Labute approximate surface area is 121 Å². The lowest BCUT2D eigenvalue weighted by Gasteiger charge is -2.13. The van der Waals surface area contributed by atoms with E-state index in [9.17, 15) is 5.11 Å². The molecule has 1 atom stereocenters. The molecule has 19 heavy (non-hydrogen) atoms. The second-order valence-electron chi connectivity index (χ2n) is 4.54. The van der Waals surface area contributed by atoms with Crippen LogP contribution in [-0.4, -0.2) is 73.4 Å². The van der Waals surface area contributed by atoms with Crippen molar-refractivity contribution >= 4 is 11.8 Å². The Morgan fingerprint density at radius 3 is 2.68 bits per heavy atom. The molecule has 5 nitrogen and oxygen atoms in total. The summed E-state index contributed by atoms with van der Waals surface area (Å²) in [6.07, 6.45) is 0.597. The monoisotopic (exact) mass is 295 g/mol. The van der Waals surface area contributed by atoms with E-state index in [1.165, 1.54) is 0 Å². The summed E-state index contributed by atoms with van der Waals surface area (Å²) in [5.41, 5.74) is 0. The predicted molar refractivity (Wildman–Crippen MR) is 79.8 cm³/mol. The fourth-order valence-corrected chi connectivity index (χ4v) is 2.13. The van der Waals surface area contributed by atoms with Crippen LogP contribution in [0.3, 0.4) is 0 Å². The first-order valence-electron chi connectivity index (χ1n) is 6.93. The topological polar surface area (TPSA) is 71.0 Å². The van der Waals surface area contributed by atoms with Gasteiger partial charge in [-0.3, -0.25) is 0 Å². The lowest BCUT2D eigenvalue weighted by atomic mass is 10.4. The zero-order chi connectivity index (χ0) is 14.3. The molecule has 0 aromatic rings. The highest BCUT2D eigenvalue weighted by Gasteiger charge is 2.03. The van der Waals surface area contributed by atoms with Crippen LogP contribution in [0.2, 0.25) is 0 Å². The van der Waals surface area contributed by atoms with E-state index in [4.69, 9.17) is 14.6 Å². The third-order valence-corrected chi connectivity index (χ3v) is 3.31. The molecule has 0 saturated heterocycles. The van der Waals surface area contributed by atoms with Crippen LogP contribution in [0.5, 0.6) is 0 Å². The van der Waals surface area contributed by atoms with Gasteiger partial charge >= 0.3 is 0 Å². The summed E-state index contributed by atoms with van der Waals surface area (Å²) in [4.78, 5) is 0. The fourth-order valence-electron chi connectivity index (χ4n) is 1.30. The highest BCUT2D eigenvalue weighted by molar-refractivity contribution is 7.99. The molecule has 0 amide bonds. The van der Waals surface area contributed by atoms with Gasteiger partial charge in [-0.1, -0.05) is 0 Å². The van der Waals surface area contributed by atoms with Crippen LogP contribution in [0.4, 0.5) is 0 Å². The third-order valence-electron chi connectivity index (χ3n) is 2.24. The second-order valence-corrected chi connectivity index (χ2v) is 5.77. The maximum atomic E-state index is 9.63. The highest BCUT2D eigenvalue weighted by atomic mass is 32.2. The van der Waals surface area contributed by atoms with E-state index in [1.807, 2.05) is 13.8 Å². The number of hydrogen-bond acceptors (Lipinski definition) is 6. The van der Waals surface area contributed by atoms with Gasteiger partial charge in [0.25, 0.3) is 0 Å². The molecule has 0 aromatic carbocycles. The lowest BCUT2D eigenvalue weighted by Crippen LogP contribution is -2.32. The second kappa shape index (κ2) is 14.6. The minimum atomic E-state index is -0.471. The van der Waals surface area contributed by atoms with Gasteiger partial charge in [0.2, 0.25) is 0 Å². The van der Waals surface area contributed by atoms with Gasteiger partial charge in [-0.2, -0.15) is 11.8 Å². The van der Waals surface area contributed by atoms with E-state index in [2.05, 4.69) is 5.32 Å². The summed E-state index contributed by atoms with van der Waals surface area (Å²) >= 11 is 1.80. The van der Waals surface area contributed by atoms with E-state index < -0.39 is 6.10 Å². The normalized spacial score (nSPS) is 13.1. The third kappa shape index (κ3) is 16.1.